The van der Waals surface area contributed by atoms with Gasteiger partial charge in [0, 0.05) is 42.4 Å². The molecule has 2 aromatic carbocycles. The van der Waals surface area contributed by atoms with Crippen molar-refractivity contribution in [2.24, 2.45) is 0 Å². The number of carbonyl (C=O) groups excluding carboxylic acids is 1. The quantitative estimate of drug-likeness (QED) is 0.647. The molecule has 2 aromatic rings. The number of rotatable bonds is 6. The Morgan fingerprint density at radius 3 is 2.35 bits per heavy atom. The topological polar surface area (TPSA) is 69.7 Å². The maximum absolute atomic E-state index is 13.3. The Morgan fingerprint density at radius 1 is 0.935 bits per heavy atom. The largest absolute Gasteiger partial charge is 0.371 e. The fourth-order valence-electron chi connectivity index (χ4n) is 4.24. The van der Waals surface area contributed by atoms with Gasteiger partial charge in [-0.15, -0.1) is 11.8 Å². The number of amides is 1. The molecule has 31 heavy (non-hydrogen) atoms. The predicted octanol–water partition coefficient (Wildman–Crippen LogP) is 4.44. The van der Waals surface area contributed by atoms with E-state index in [9.17, 15) is 13.2 Å². The maximum Gasteiger partial charge on any atom is 0.257 e. The molecule has 4 rings (SSSR count). The molecule has 0 atom stereocenters. The van der Waals surface area contributed by atoms with Crippen LogP contribution < -0.4 is 10.2 Å². The van der Waals surface area contributed by atoms with Gasteiger partial charge in [-0.25, -0.2) is 8.42 Å². The Labute approximate surface area is 189 Å². The highest BCUT2D eigenvalue weighted by Crippen LogP contribution is 2.30. The van der Waals surface area contributed by atoms with Crippen molar-refractivity contribution in [3.63, 3.8) is 0 Å². The summed E-state index contributed by atoms with van der Waals surface area (Å²) in [6.07, 6.45) is 6.95. The van der Waals surface area contributed by atoms with Gasteiger partial charge in [-0.05, 0) is 68.3 Å². The predicted molar refractivity (Wildman–Crippen MR) is 127 cm³/mol. The normalized spacial score (nSPS) is 17.6. The molecule has 1 N–H and O–H groups in total. The fourth-order valence-corrected chi connectivity index (χ4v) is 6.25. The van der Waals surface area contributed by atoms with E-state index < -0.39 is 10.0 Å². The van der Waals surface area contributed by atoms with Crippen LogP contribution in [0.4, 0.5) is 11.4 Å². The van der Waals surface area contributed by atoms with E-state index in [0.29, 0.717) is 24.3 Å². The van der Waals surface area contributed by atoms with Gasteiger partial charge in [-0.3, -0.25) is 4.79 Å². The Bertz CT molecular complexity index is 1040. The lowest BCUT2D eigenvalue weighted by molar-refractivity contribution is 0.102. The van der Waals surface area contributed by atoms with Crippen molar-refractivity contribution in [1.29, 1.82) is 0 Å². The van der Waals surface area contributed by atoms with Crippen LogP contribution in [0.2, 0.25) is 0 Å². The second-order valence-electron chi connectivity index (χ2n) is 8.02. The highest BCUT2D eigenvalue weighted by molar-refractivity contribution is 7.98. The molecule has 8 heteroatoms. The number of thioether (sulfide) groups is 1. The van der Waals surface area contributed by atoms with Gasteiger partial charge in [0.15, 0.2) is 0 Å². The zero-order valence-electron chi connectivity index (χ0n) is 17.8. The first kappa shape index (κ1) is 22.2. The fraction of sp³-hybridized carbons (Fsp3) is 0.435. The summed E-state index contributed by atoms with van der Waals surface area (Å²) in [7, 11) is -3.61. The van der Waals surface area contributed by atoms with E-state index in [2.05, 4.69) is 10.2 Å². The summed E-state index contributed by atoms with van der Waals surface area (Å²) in [5.74, 6) is -0.282. The molecule has 0 spiro atoms. The first-order valence-corrected chi connectivity index (χ1v) is 13.5. The first-order valence-electron chi connectivity index (χ1n) is 10.8. The Hall–Kier alpha value is -2.03. The Morgan fingerprint density at radius 2 is 1.65 bits per heavy atom. The summed E-state index contributed by atoms with van der Waals surface area (Å²) < 4.78 is 28.0. The van der Waals surface area contributed by atoms with E-state index in [1.54, 1.807) is 34.3 Å². The minimum atomic E-state index is -3.61. The van der Waals surface area contributed by atoms with E-state index in [1.807, 2.05) is 30.5 Å². The molecule has 0 saturated carbocycles. The molecule has 0 unspecified atom stereocenters. The van der Waals surface area contributed by atoms with Crippen molar-refractivity contribution in [3.05, 3.63) is 48.0 Å². The average molecular weight is 460 g/mol. The van der Waals surface area contributed by atoms with E-state index in [0.717, 1.165) is 55.8 Å². The van der Waals surface area contributed by atoms with Crippen molar-refractivity contribution in [1.82, 2.24) is 4.31 Å². The van der Waals surface area contributed by atoms with Gasteiger partial charge >= 0.3 is 0 Å². The zero-order valence-corrected chi connectivity index (χ0v) is 19.5. The molecule has 0 aromatic heterocycles. The molecule has 2 fully saturated rings. The van der Waals surface area contributed by atoms with Crippen molar-refractivity contribution >= 4 is 39.1 Å². The van der Waals surface area contributed by atoms with Gasteiger partial charge in [0.1, 0.15) is 0 Å². The van der Waals surface area contributed by atoms with Crippen LogP contribution in [0.3, 0.4) is 0 Å². The highest BCUT2D eigenvalue weighted by Gasteiger charge is 2.28. The van der Waals surface area contributed by atoms with Crippen LogP contribution in [0.5, 0.6) is 0 Å². The monoisotopic (exact) mass is 459 g/mol. The smallest absolute Gasteiger partial charge is 0.257 e. The number of piperidine rings is 1. The second-order valence-corrected chi connectivity index (χ2v) is 10.8. The van der Waals surface area contributed by atoms with Crippen LogP contribution in [0.25, 0.3) is 0 Å². The molecule has 0 radical (unpaired) electrons. The summed E-state index contributed by atoms with van der Waals surface area (Å²) in [5, 5.41) is 2.97. The molecule has 6 nitrogen and oxygen atoms in total. The van der Waals surface area contributed by atoms with Crippen LogP contribution in [-0.4, -0.2) is 51.1 Å². The highest BCUT2D eigenvalue weighted by atomic mass is 32.2. The number of benzene rings is 2. The molecular formula is C23H29N3O3S2. The number of carbonyl (C=O) groups is 1. The van der Waals surface area contributed by atoms with E-state index in [4.69, 9.17) is 0 Å². The minimum Gasteiger partial charge on any atom is -0.371 e. The molecule has 0 aliphatic carbocycles. The van der Waals surface area contributed by atoms with Crippen LogP contribution in [0, 0.1) is 0 Å². The number of sulfonamides is 1. The summed E-state index contributed by atoms with van der Waals surface area (Å²) in [4.78, 5) is 16.7. The summed E-state index contributed by atoms with van der Waals surface area (Å²) in [6, 6.07) is 12.7. The molecule has 2 saturated heterocycles. The third-order valence-corrected chi connectivity index (χ3v) is 8.56. The van der Waals surface area contributed by atoms with E-state index >= 15 is 0 Å². The molecular weight excluding hydrogens is 430 g/mol. The van der Waals surface area contributed by atoms with Gasteiger partial charge in [0.25, 0.3) is 5.91 Å². The lowest BCUT2D eigenvalue weighted by atomic mass is 10.1. The van der Waals surface area contributed by atoms with E-state index in [1.165, 1.54) is 0 Å². The molecule has 1 amide bonds. The van der Waals surface area contributed by atoms with Crippen molar-refractivity contribution in [2.45, 2.75) is 41.9 Å². The molecule has 2 aliphatic rings. The van der Waals surface area contributed by atoms with Crippen LogP contribution in [-0.2, 0) is 10.0 Å². The van der Waals surface area contributed by atoms with Gasteiger partial charge in [-0.1, -0.05) is 12.5 Å². The average Bonchev–Trinajstić information content (AvgIpc) is 3.34. The summed E-state index contributed by atoms with van der Waals surface area (Å²) in [6.45, 7) is 2.83. The number of hydrogen-bond acceptors (Lipinski definition) is 5. The van der Waals surface area contributed by atoms with Gasteiger partial charge in [0.05, 0.1) is 10.5 Å². The maximum atomic E-state index is 13.3. The standard InChI is InChI=1S/C23H29N3O3S2/c1-30-19-9-7-8-18(16-19)24-23(27)21-17-20(10-11-22(21)25-12-5-6-13-25)31(28,29)26-14-3-2-4-15-26/h7-11,16-17H,2-6,12-15H2,1H3,(H,24,27). The molecule has 2 heterocycles. The Kier molecular flexibility index (Phi) is 6.89. The molecule has 0 bridgehead atoms. The van der Waals surface area contributed by atoms with Crippen LogP contribution in [0.1, 0.15) is 42.5 Å². The van der Waals surface area contributed by atoms with E-state index in [-0.39, 0.29) is 10.8 Å². The number of nitrogens with one attached hydrogen (secondary N) is 1. The molecule has 2 aliphatic heterocycles. The number of hydrogen-bond donors (Lipinski definition) is 1. The Balaban J connectivity index is 1.69. The van der Waals surface area contributed by atoms with Gasteiger partial charge in [0.2, 0.25) is 10.0 Å². The number of anilines is 2. The minimum absolute atomic E-state index is 0.195. The first-order chi connectivity index (χ1) is 15.0. The number of nitrogens with zero attached hydrogens (tertiary/aromatic N) is 2. The third-order valence-electron chi connectivity index (χ3n) is 5.94. The van der Waals surface area contributed by atoms with Crippen LogP contribution >= 0.6 is 11.8 Å². The lowest BCUT2D eigenvalue weighted by Crippen LogP contribution is -2.35. The molecule has 166 valence electrons. The third kappa shape index (κ3) is 4.91. The second kappa shape index (κ2) is 9.63. The van der Waals surface area contributed by atoms with Crippen LogP contribution in [0.15, 0.2) is 52.3 Å². The van der Waals surface area contributed by atoms with Crippen molar-refractivity contribution in [3.8, 4) is 0 Å². The van der Waals surface area contributed by atoms with Crippen molar-refractivity contribution in [2.75, 3.05) is 42.7 Å². The zero-order chi connectivity index (χ0) is 21.8. The van der Waals surface area contributed by atoms with Crippen molar-refractivity contribution < 1.29 is 13.2 Å². The summed E-state index contributed by atoms with van der Waals surface area (Å²) >= 11 is 1.61. The lowest BCUT2D eigenvalue weighted by Gasteiger charge is -2.27. The van der Waals surface area contributed by atoms with Gasteiger partial charge < -0.3 is 10.2 Å². The summed E-state index contributed by atoms with van der Waals surface area (Å²) in [5.41, 5.74) is 1.91. The SMILES string of the molecule is CSc1cccc(NC(=O)c2cc(S(=O)(=O)N3CCCCC3)ccc2N2CCCC2)c1. The van der Waals surface area contributed by atoms with Gasteiger partial charge in [-0.2, -0.15) is 4.31 Å².